The quantitative estimate of drug-likeness (QED) is 0.776. The molecule has 23 heavy (non-hydrogen) atoms. The van der Waals surface area contributed by atoms with Gasteiger partial charge in [0.1, 0.15) is 6.61 Å². The van der Waals surface area contributed by atoms with Crippen molar-refractivity contribution < 1.29 is 14.3 Å². The van der Waals surface area contributed by atoms with E-state index in [0.29, 0.717) is 24.5 Å². The highest BCUT2D eigenvalue weighted by Gasteiger charge is 2.13. The van der Waals surface area contributed by atoms with Crippen molar-refractivity contribution in [1.29, 1.82) is 0 Å². The number of nitrogens with one attached hydrogen (secondary N) is 1. The average Bonchev–Trinajstić information content (AvgIpc) is 2.55. The molecule has 3 N–H and O–H groups in total. The minimum Gasteiger partial charge on any atom is -0.375 e. The molecule has 2 aromatic rings. The zero-order valence-electron chi connectivity index (χ0n) is 12.8. The van der Waals surface area contributed by atoms with Crippen LogP contribution in [0.4, 0.5) is 0 Å². The number of hydrogen-bond acceptors (Lipinski definition) is 5. The van der Waals surface area contributed by atoms with Crippen molar-refractivity contribution in [2.45, 2.75) is 6.42 Å². The van der Waals surface area contributed by atoms with Gasteiger partial charge in [-0.2, -0.15) is 0 Å². The summed E-state index contributed by atoms with van der Waals surface area (Å²) in [6.45, 7) is 0.315. The van der Waals surface area contributed by atoms with Crippen molar-refractivity contribution in [3.63, 3.8) is 0 Å². The van der Waals surface area contributed by atoms with E-state index in [4.69, 9.17) is 10.5 Å². The van der Waals surface area contributed by atoms with Gasteiger partial charge in [-0.05, 0) is 0 Å². The molecule has 0 saturated carbocycles. The van der Waals surface area contributed by atoms with E-state index >= 15 is 0 Å². The Labute approximate surface area is 133 Å². The van der Waals surface area contributed by atoms with Gasteiger partial charge in [0.15, 0.2) is 5.82 Å². The Bertz CT molecular complexity index is 689. The Balaban J connectivity index is 2.18. The van der Waals surface area contributed by atoms with Gasteiger partial charge < -0.3 is 15.8 Å². The maximum atomic E-state index is 11.5. The van der Waals surface area contributed by atoms with Gasteiger partial charge in [0.25, 0.3) is 5.91 Å². The van der Waals surface area contributed by atoms with E-state index in [9.17, 15) is 9.59 Å². The van der Waals surface area contributed by atoms with Gasteiger partial charge in [0, 0.05) is 31.8 Å². The fraction of sp³-hybridized carbons (Fsp3) is 0.250. The van der Waals surface area contributed by atoms with Crippen LogP contribution in [0.2, 0.25) is 0 Å². The predicted octanol–water partition coefficient (Wildman–Crippen LogP) is 0.548. The number of ether oxygens (including phenoxy) is 1. The summed E-state index contributed by atoms with van der Waals surface area (Å²) >= 11 is 0. The molecule has 0 atom stereocenters. The minimum absolute atomic E-state index is 0.0122. The summed E-state index contributed by atoms with van der Waals surface area (Å²) in [4.78, 5) is 31.5. The second kappa shape index (κ2) is 8.00. The SMILES string of the molecule is COCC(=O)NCCc1nc(-c2ccccc2)ncc1C(N)=O. The molecule has 2 rings (SSSR count). The van der Waals surface area contributed by atoms with Gasteiger partial charge in [-0.1, -0.05) is 30.3 Å². The molecule has 2 amide bonds. The first-order valence-corrected chi connectivity index (χ1v) is 7.08. The van der Waals surface area contributed by atoms with Gasteiger partial charge in [-0.3, -0.25) is 9.59 Å². The van der Waals surface area contributed by atoms with E-state index in [1.54, 1.807) is 0 Å². The first kappa shape index (κ1) is 16.6. The molecule has 1 aromatic carbocycles. The van der Waals surface area contributed by atoms with Crippen LogP contribution in [0.25, 0.3) is 11.4 Å². The fourth-order valence-corrected chi connectivity index (χ4v) is 2.04. The van der Waals surface area contributed by atoms with Gasteiger partial charge >= 0.3 is 0 Å². The Morgan fingerprint density at radius 2 is 2.00 bits per heavy atom. The first-order chi connectivity index (χ1) is 11.1. The molecule has 0 radical (unpaired) electrons. The van der Waals surface area contributed by atoms with E-state index in [1.807, 2.05) is 30.3 Å². The second-order valence-corrected chi connectivity index (χ2v) is 4.82. The Morgan fingerprint density at radius 3 is 2.65 bits per heavy atom. The first-order valence-electron chi connectivity index (χ1n) is 7.08. The summed E-state index contributed by atoms with van der Waals surface area (Å²) < 4.78 is 4.73. The van der Waals surface area contributed by atoms with Crippen LogP contribution in [-0.2, 0) is 16.0 Å². The Hall–Kier alpha value is -2.80. The van der Waals surface area contributed by atoms with Crippen LogP contribution in [0.1, 0.15) is 16.1 Å². The second-order valence-electron chi connectivity index (χ2n) is 4.82. The molecule has 0 aliphatic rings. The number of methoxy groups -OCH3 is 1. The number of amides is 2. The van der Waals surface area contributed by atoms with Crippen molar-refractivity contribution in [2.24, 2.45) is 5.73 Å². The lowest BCUT2D eigenvalue weighted by Gasteiger charge is -2.09. The number of primary amides is 1. The monoisotopic (exact) mass is 314 g/mol. The lowest BCUT2D eigenvalue weighted by molar-refractivity contribution is -0.124. The van der Waals surface area contributed by atoms with Gasteiger partial charge in [-0.15, -0.1) is 0 Å². The van der Waals surface area contributed by atoms with Crippen LogP contribution in [-0.4, -0.2) is 42.0 Å². The predicted molar refractivity (Wildman–Crippen MR) is 84.6 cm³/mol. The third kappa shape index (κ3) is 4.58. The highest BCUT2D eigenvalue weighted by Crippen LogP contribution is 2.16. The highest BCUT2D eigenvalue weighted by molar-refractivity contribution is 5.93. The summed E-state index contributed by atoms with van der Waals surface area (Å²) in [5.41, 5.74) is 6.96. The molecule has 0 unspecified atom stereocenters. The summed E-state index contributed by atoms with van der Waals surface area (Å²) in [6, 6.07) is 9.41. The molecule has 1 heterocycles. The number of hydrogen-bond donors (Lipinski definition) is 2. The zero-order valence-corrected chi connectivity index (χ0v) is 12.8. The Morgan fingerprint density at radius 1 is 1.26 bits per heavy atom. The molecule has 0 aliphatic carbocycles. The molecule has 120 valence electrons. The lowest BCUT2D eigenvalue weighted by Crippen LogP contribution is -2.29. The summed E-state index contributed by atoms with van der Waals surface area (Å²) in [5, 5.41) is 2.68. The van der Waals surface area contributed by atoms with Crippen molar-refractivity contribution in [2.75, 3.05) is 20.3 Å². The number of rotatable bonds is 7. The molecule has 0 fully saturated rings. The fourth-order valence-electron chi connectivity index (χ4n) is 2.04. The van der Waals surface area contributed by atoms with Gasteiger partial charge in [-0.25, -0.2) is 9.97 Å². The third-order valence-electron chi connectivity index (χ3n) is 3.12. The van der Waals surface area contributed by atoms with Crippen LogP contribution in [0.15, 0.2) is 36.5 Å². The summed E-state index contributed by atoms with van der Waals surface area (Å²) in [6.07, 6.45) is 1.79. The maximum Gasteiger partial charge on any atom is 0.252 e. The standard InChI is InChI=1S/C16H18N4O3/c1-23-10-14(21)18-8-7-13-12(15(17)22)9-19-16(20-13)11-5-3-2-4-6-11/h2-6,9H,7-8,10H2,1H3,(H2,17,22)(H,18,21). The van der Waals surface area contributed by atoms with E-state index in [0.717, 1.165) is 5.56 Å². The largest absolute Gasteiger partial charge is 0.375 e. The van der Waals surface area contributed by atoms with E-state index in [2.05, 4.69) is 15.3 Å². The number of carbonyl (C=O) groups is 2. The summed E-state index contributed by atoms with van der Waals surface area (Å²) in [7, 11) is 1.45. The normalized spacial score (nSPS) is 10.3. The highest BCUT2D eigenvalue weighted by atomic mass is 16.5. The van der Waals surface area contributed by atoms with Crippen molar-refractivity contribution >= 4 is 11.8 Å². The van der Waals surface area contributed by atoms with Crippen molar-refractivity contribution in [3.05, 3.63) is 47.8 Å². The lowest BCUT2D eigenvalue weighted by atomic mass is 10.1. The molecular formula is C16H18N4O3. The van der Waals surface area contributed by atoms with Crippen LogP contribution in [0.5, 0.6) is 0 Å². The van der Waals surface area contributed by atoms with Crippen LogP contribution in [0, 0.1) is 0 Å². The summed E-state index contributed by atoms with van der Waals surface area (Å²) in [5.74, 6) is -0.317. The van der Waals surface area contributed by atoms with Crippen LogP contribution < -0.4 is 11.1 Å². The molecule has 7 nitrogen and oxygen atoms in total. The number of carbonyl (C=O) groups excluding carboxylic acids is 2. The molecule has 0 spiro atoms. The average molecular weight is 314 g/mol. The topological polar surface area (TPSA) is 107 Å². The van der Waals surface area contributed by atoms with Crippen molar-refractivity contribution in [1.82, 2.24) is 15.3 Å². The number of aromatic nitrogens is 2. The third-order valence-corrected chi connectivity index (χ3v) is 3.12. The minimum atomic E-state index is -0.595. The smallest absolute Gasteiger partial charge is 0.252 e. The van der Waals surface area contributed by atoms with Crippen LogP contribution in [0.3, 0.4) is 0 Å². The van der Waals surface area contributed by atoms with E-state index in [-0.39, 0.29) is 18.1 Å². The van der Waals surface area contributed by atoms with Gasteiger partial charge in [0.2, 0.25) is 5.91 Å². The van der Waals surface area contributed by atoms with E-state index < -0.39 is 5.91 Å². The van der Waals surface area contributed by atoms with E-state index in [1.165, 1.54) is 13.3 Å². The molecule has 0 bridgehead atoms. The molecular weight excluding hydrogens is 296 g/mol. The Kier molecular flexibility index (Phi) is 5.76. The maximum absolute atomic E-state index is 11.5. The molecule has 0 saturated heterocycles. The van der Waals surface area contributed by atoms with Crippen molar-refractivity contribution in [3.8, 4) is 11.4 Å². The van der Waals surface area contributed by atoms with Gasteiger partial charge in [0.05, 0.1) is 11.3 Å². The zero-order chi connectivity index (χ0) is 16.7. The number of benzene rings is 1. The molecule has 7 heteroatoms. The molecule has 1 aromatic heterocycles. The molecule has 0 aliphatic heterocycles. The van der Waals surface area contributed by atoms with Crippen LogP contribution >= 0.6 is 0 Å². The number of nitrogens with zero attached hydrogens (tertiary/aromatic N) is 2. The number of nitrogens with two attached hydrogens (primary N) is 1.